The summed E-state index contributed by atoms with van der Waals surface area (Å²) in [6.45, 7) is 1.24. The molecule has 0 atom stereocenters. The molecule has 2 aliphatic rings. The Morgan fingerprint density at radius 2 is 1.68 bits per heavy atom. The average molecular weight is 302 g/mol. The van der Waals surface area contributed by atoms with E-state index >= 15 is 0 Å². The van der Waals surface area contributed by atoms with Crippen molar-refractivity contribution in [2.75, 3.05) is 0 Å². The van der Waals surface area contributed by atoms with Crippen molar-refractivity contribution < 1.29 is 0 Å². The van der Waals surface area contributed by atoms with Gasteiger partial charge in [-0.3, -0.25) is 13.9 Å². The largest absolute Gasteiger partial charge is 0.339 e. The first-order valence-electron chi connectivity index (χ1n) is 8.41. The Hall–Kier alpha value is -1.85. The van der Waals surface area contributed by atoms with Gasteiger partial charge >= 0.3 is 5.69 Å². The van der Waals surface area contributed by atoms with Crippen molar-refractivity contribution in [3.05, 3.63) is 27.2 Å². The van der Waals surface area contributed by atoms with Crippen LogP contribution in [0.3, 0.4) is 0 Å². The second-order valence-corrected chi connectivity index (χ2v) is 6.86. The zero-order valence-corrected chi connectivity index (χ0v) is 12.8. The summed E-state index contributed by atoms with van der Waals surface area (Å²) in [6.07, 6.45) is 9.87. The molecule has 2 fully saturated rings. The molecule has 2 aromatic rings. The van der Waals surface area contributed by atoms with Gasteiger partial charge in [0.15, 0.2) is 5.65 Å². The number of fused-ring (bicyclic) bond motifs is 1. The average Bonchev–Trinajstić information content (AvgIpc) is 3.22. The fourth-order valence-corrected chi connectivity index (χ4v) is 3.62. The third kappa shape index (κ3) is 2.40. The summed E-state index contributed by atoms with van der Waals surface area (Å²) in [4.78, 5) is 32.5. The Morgan fingerprint density at radius 1 is 1.00 bits per heavy atom. The molecule has 22 heavy (non-hydrogen) atoms. The van der Waals surface area contributed by atoms with Crippen molar-refractivity contribution in [2.45, 2.75) is 58.0 Å². The van der Waals surface area contributed by atoms with Crippen LogP contribution in [0.4, 0.5) is 0 Å². The van der Waals surface area contributed by atoms with Crippen molar-refractivity contribution in [3.63, 3.8) is 0 Å². The fraction of sp³-hybridized carbons (Fsp3) is 0.688. The number of H-pyrrole nitrogens is 1. The van der Waals surface area contributed by atoms with Crippen LogP contribution in [0.15, 0.2) is 15.9 Å². The molecule has 0 spiro atoms. The molecule has 0 amide bonds. The van der Waals surface area contributed by atoms with Crippen LogP contribution in [-0.2, 0) is 13.1 Å². The summed E-state index contributed by atoms with van der Waals surface area (Å²) in [5.74, 6) is 1.02. The van der Waals surface area contributed by atoms with Gasteiger partial charge in [0.05, 0.1) is 6.33 Å². The van der Waals surface area contributed by atoms with Crippen LogP contribution < -0.4 is 11.2 Å². The topological polar surface area (TPSA) is 72.7 Å². The maximum atomic E-state index is 12.8. The summed E-state index contributed by atoms with van der Waals surface area (Å²) in [5, 5.41) is 0. The van der Waals surface area contributed by atoms with Crippen LogP contribution in [-0.4, -0.2) is 19.1 Å². The molecule has 118 valence electrons. The molecule has 1 N–H and O–H groups in total. The molecule has 2 heterocycles. The monoisotopic (exact) mass is 302 g/mol. The molecule has 0 radical (unpaired) electrons. The van der Waals surface area contributed by atoms with Crippen molar-refractivity contribution in [2.24, 2.45) is 11.8 Å². The molecule has 6 nitrogen and oxygen atoms in total. The Balaban J connectivity index is 1.79. The van der Waals surface area contributed by atoms with Crippen molar-refractivity contribution in [3.8, 4) is 0 Å². The molecule has 0 unspecified atom stereocenters. The number of nitrogens with zero attached hydrogens (tertiary/aromatic N) is 3. The smallest absolute Gasteiger partial charge is 0.332 e. The highest BCUT2D eigenvalue weighted by Gasteiger charge is 2.26. The molecule has 0 bridgehead atoms. The SMILES string of the molecule is O=c1c2[nH]cnc2n(CC2CCCCC2)c(=O)n1CC1CC1. The molecule has 2 saturated carbocycles. The van der Waals surface area contributed by atoms with Crippen LogP contribution in [0, 0.1) is 11.8 Å². The number of hydrogen-bond donors (Lipinski definition) is 1. The normalized spacial score (nSPS) is 19.8. The van der Waals surface area contributed by atoms with Gasteiger partial charge in [-0.05, 0) is 37.5 Å². The van der Waals surface area contributed by atoms with E-state index in [0.717, 1.165) is 12.8 Å². The van der Waals surface area contributed by atoms with E-state index in [1.165, 1.54) is 43.0 Å². The Kier molecular flexibility index (Phi) is 3.39. The number of aromatic amines is 1. The zero-order chi connectivity index (χ0) is 15.1. The highest BCUT2D eigenvalue weighted by Crippen LogP contribution is 2.30. The van der Waals surface area contributed by atoms with E-state index in [4.69, 9.17) is 0 Å². The first kappa shape index (κ1) is 13.8. The first-order chi connectivity index (χ1) is 10.7. The molecule has 6 heteroatoms. The van der Waals surface area contributed by atoms with E-state index in [2.05, 4.69) is 9.97 Å². The highest BCUT2D eigenvalue weighted by atomic mass is 16.2. The summed E-state index contributed by atoms with van der Waals surface area (Å²) in [6, 6.07) is 0. The quantitative estimate of drug-likeness (QED) is 0.937. The lowest BCUT2D eigenvalue weighted by atomic mass is 9.89. The first-order valence-corrected chi connectivity index (χ1v) is 8.41. The van der Waals surface area contributed by atoms with Crippen molar-refractivity contribution in [1.82, 2.24) is 19.1 Å². The Bertz CT molecular complexity index is 791. The van der Waals surface area contributed by atoms with Crippen LogP contribution in [0.5, 0.6) is 0 Å². The number of rotatable bonds is 4. The number of nitrogens with one attached hydrogen (secondary N) is 1. The van der Waals surface area contributed by atoms with E-state index in [-0.39, 0.29) is 11.2 Å². The predicted octanol–water partition coefficient (Wildman–Crippen LogP) is 1.88. The molecule has 0 saturated heterocycles. The van der Waals surface area contributed by atoms with Gasteiger partial charge in [0.25, 0.3) is 5.56 Å². The van der Waals surface area contributed by atoms with Crippen LogP contribution in [0.2, 0.25) is 0 Å². The maximum Gasteiger partial charge on any atom is 0.332 e. The maximum absolute atomic E-state index is 12.8. The van der Waals surface area contributed by atoms with Crippen LogP contribution in [0.25, 0.3) is 11.2 Å². The third-order valence-electron chi connectivity index (χ3n) is 5.10. The minimum atomic E-state index is -0.218. The van der Waals surface area contributed by atoms with Crippen molar-refractivity contribution >= 4 is 11.2 Å². The van der Waals surface area contributed by atoms with Gasteiger partial charge < -0.3 is 4.98 Å². The molecular formula is C16H22N4O2. The lowest BCUT2D eigenvalue weighted by Crippen LogP contribution is -2.41. The van der Waals surface area contributed by atoms with Gasteiger partial charge in [0, 0.05) is 13.1 Å². The summed E-state index contributed by atoms with van der Waals surface area (Å²) in [7, 11) is 0. The summed E-state index contributed by atoms with van der Waals surface area (Å²) >= 11 is 0. The second kappa shape index (κ2) is 5.41. The van der Waals surface area contributed by atoms with Gasteiger partial charge in [-0.1, -0.05) is 19.3 Å². The second-order valence-electron chi connectivity index (χ2n) is 6.86. The van der Waals surface area contributed by atoms with Gasteiger partial charge in [-0.25, -0.2) is 9.78 Å². The number of imidazole rings is 1. The molecule has 2 aromatic heterocycles. The minimum absolute atomic E-state index is 0.179. The van der Waals surface area contributed by atoms with Crippen LogP contribution in [0.1, 0.15) is 44.9 Å². The van der Waals surface area contributed by atoms with E-state index in [9.17, 15) is 9.59 Å². The summed E-state index contributed by atoms with van der Waals surface area (Å²) in [5.41, 5.74) is 0.593. The van der Waals surface area contributed by atoms with Crippen molar-refractivity contribution in [1.29, 1.82) is 0 Å². The van der Waals surface area contributed by atoms with Gasteiger partial charge in [-0.2, -0.15) is 0 Å². The molecule has 2 aliphatic carbocycles. The minimum Gasteiger partial charge on any atom is -0.339 e. The lowest BCUT2D eigenvalue weighted by molar-refractivity contribution is 0.314. The summed E-state index contributed by atoms with van der Waals surface area (Å²) < 4.78 is 3.15. The van der Waals surface area contributed by atoms with E-state index in [0.29, 0.717) is 36.1 Å². The van der Waals surface area contributed by atoms with Gasteiger partial charge in [0.1, 0.15) is 5.52 Å². The third-order valence-corrected chi connectivity index (χ3v) is 5.10. The molecule has 4 rings (SSSR count). The van der Waals surface area contributed by atoms with E-state index in [1.807, 2.05) is 0 Å². The standard InChI is InChI=1S/C16H22N4O2/c21-15-13-14(18-10-17-13)19(8-11-4-2-1-3-5-11)16(22)20(15)9-12-6-7-12/h10-12H,1-9H2,(H,17,18). The zero-order valence-electron chi connectivity index (χ0n) is 12.8. The molecule has 0 aromatic carbocycles. The van der Waals surface area contributed by atoms with Crippen LogP contribution >= 0.6 is 0 Å². The number of hydrogen-bond acceptors (Lipinski definition) is 3. The molecular weight excluding hydrogens is 280 g/mol. The highest BCUT2D eigenvalue weighted by molar-refractivity contribution is 5.68. The van der Waals surface area contributed by atoms with E-state index in [1.54, 1.807) is 4.57 Å². The number of aromatic nitrogens is 4. The lowest BCUT2D eigenvalue weighted by Gasteiger charge is -2.22. The van der Waals surface area contributed by atoms with Gasteiger partial charge in [-0.15, -0.1) is 0 Å². The Labute approximate surface area is 128 Å². The van der Waals surface area contributed by atoms with Gasteiger partial charge in [0.2, 0.25) is 0 Å². The fourth-order valence-electron chi connectivity index (χ4n) is 3.62. The Morgan fingerprint density at radius 3 is 2.41 bits per heavy atom. The van der Waals surface area contributed by atoms with E-state index < -0.39 is 0 Å². The molecule has 0 aliphatic heterocycles. The predicted molar refractivity (Wildman–Crippen MR) is 83.9 cm³/mol.